The van der Waals surface area contributed by atoms with E-state index in [2.05, 4.69) is 79.9 Å². The van der Waals surface area contributed by atoms with Gasteiger partial charge in [0.2, 0.25) is 5.91 Å². The maximum Gasteiger partial charge on any atom is 0.220 e. The van der Waals surface area contributed by atoms with Crippen molar-refractivity contribution in [2.24, 2.45) is 0 Å². The normalized spacial score (nSPS) is 13.1. The van der Waals surface area contributed by atoms with Gasteiger partial charge in [-0.1, -0.05) is 382 Å². The van der Waals surface area contributed by atoms with E-state index in [1.54, 1.807) is 6.08 Å². The monoisotopic (exact) mass is 1140 g/mol. The van der Waals surface area contributed by atoms with Crippen LogP contribution in [-0.2, 0) is 4.79 Å². The van der Waals surface area contributed by atoms with Gasteiger partial charge in [-0.05, 0) is 83.5 Å². The summed E-state index contributed by atoms with van der Waals surface area (Å²) < 4.78 is 0. The zero-order chi connectivity index (χ0) is 59.1. The molecule has 0 spiro atoms. The Hall–Kier alpha value is -2.17. The van der Waals surface area contributed by atoms with Gasteiger partial charge in [-0.3, -0.25) is 4.79 Å². The minimum Gasteiger partial charge on any atom is -0.394 e. The van der Waals surface area contributed by atoms with Crippen molar-refractivity contribution in [2.45, 2.75) is 411 Å². The van der Waals surface area contributed by atoms with Crippen molar-refractivity contribution in [3.63, 3.8) is 0 Å². The maximum atomic E-state index is 12.5. The number of carbonyl (C=O) groups is 1. The summed E-state index contributed by atoms with van der Waals surface area (Å²) in [6.45, 7) is 4.32. The molecule has 0 bridgehead atoms. The molecule has 0 fully saturated rings. The van der Waals surface area contributed by atoms with Gasteiger partial charge < -0.3 is 15.5 Å². The Morgan fingerprint density at radius 3 is 0.793 bits per heavy atom. The predicted octanol–water partition coefficient (Wildman–Crippen LogP) is 25.6. The first-order valence-corrected chi connectivity index (χ1v) is 37.2. The van der Waals surface area contributed by atoms with Crippen LogP contribution in [0.25, 0.3) is 0 Å². The smallest absolute Gasteiger partial charge is 0.220 e. The topological polar surface area (TPSA) is 69.6 Å². The van der Waals surface area contributed by atoms with Crippen LogP contribution in [0.15, 0.2) is 72.9 Å². The Balaban J connectivity index is 3.47. The van der Waals surface area contributed by atoms with Gasteiger partial charge in [0.1, 0.15) is 0 Å². The van der Waals surface area contributed by atoms with E-state index in [1.807, 2.05) is 6.08 Å². The van der Waals surface area contributed by atoms with Gasteiger partial charge in [0, 0.05) is 6.42 Å². The molecule has 2 atom stereocenters. The Bertz CT molecular complexity index is 1390. The van der Waals surface area contributed by atoms with Gasteiger partial charge in [0.05, 0.1) is 18.8 Å². The van der Waals surface area contributed by atoms with E-state index in [4.69, 9.17) is 0 Å². The third-order valence-electron chi connectivity index (χ3n) is 17.1. The molecule has 4 nitrogen and oxygen atoms in total. The fourth-order valence-corrected chi connectivity index (χ4v) is 11.5. The number of unbranched alkanes of at least 4 members (excludes halogenated alkanes) is 52. The zero-order valence-corrected chi connectivity index (χ0v) is 55.5. The molecule has 1 amide bonds. The van der Waals surface area contributed by atoms with E-state index in [1.165, 1.54) is 327 Å². The standard InChI is InChI=1S/C78H145NO3/c1-3-5-7-9-11-13-15-17-19-21-23-25-27-29-31-33-35-37-38-39-40-42-44-46-48-50-52-54-56-58-60-62-64-66-68-70-72-74-78(82)79-76(75-80)77(81)73-71-69-67-65-63-61-59-57-55-53-51-49-47-45-43-41-36-34-32-30-28-26-24-22-20-18-16-14-12-10-8-6-4-2/h15,17,21,23,27,29,55,57,63,65,71,73,76-77,80-81H,3-14,16,18-20,22,24-26,28,30-54,56,58-62,64,66-70,72,74-75H2,1-2H3,(H,79,82)/b17-15-,23-21-,29-27-,57-55+,65-63+,73-71+. The van der Waals surface area contributed by atoms with Gasteiger partial charge in [0.15, 0.2) is 0 Å². The van der Waals surface area contributed by atoms with Crippen LogP contribution in [0.1, 0.15) is 399 Å². The fourth-order valence-electron chi connectivity index (χ4n) is 11.5. The van der Waals surface area contributed by atoms with E-state index >= 15 is 0 Å². The highest BCUT2D eigenvalue weighted by molar-refractivity contribution is 5.76. The van der Waals surface area contributed by atoms with E-state index in [0.29, 0.717) is 6.42 Å². The van der Waals surface area contributed by atoms with E-state index in [9.17, 15) is 15.0 Å². The average Bonchev–Trinajstić information content (AvgIpc) is 3.50. The molecule has 2 unspecified atom stereocenters. The quantitative estimate of drug-likeness (QED) is 0.0420. The summed E-state index contributed by atoms with van der Waals surface area (Å²) in [7, 11) is 0. The largest absolute Gasteiger partial charge is 0.394 e. The number of carbonyl (C=O) groups excluding carboxylic acids is 1. The Morgan fingerprint density at radius 1 is 0.293 bits per heavy atom. The molecule has 0 rings (SSSR count). The molecule has 0 radical (unpaired) electrons. The Labute approximate surface area is 514 Å². The second-order valence-electron chi connectivity index (χ2n) is 25.3. The zero-order valence-electron chi connectivity index (χ0n) is 55.5. The summed E-state index contributed by atoms with van der Waals surface area (Å²) in [6, 6.07) is -0.649. The van der Waals surface area contributed by atoms with Crippen molar-refractivity contribution in [2.75, 3.05) is 6.61 Å². The number of hydrogen-bond acceptors (Lipinski definition) is 3. The van der Waals surface area contributed by atoms with E-state index in [-0.39, 0.29) is 12.5 Å². The number of amides is 1. The minimum absolute atomic E-state index is 0.0721. The van der Waals surface area contributed by atoms with Crippen LogP contribution in [0.2, 0.25) is 0 Å². The van der Waals surface area contributed by atoms with Crippen LogP contribution >= 0.6 is 0 Å². The third kappa shape index (κ3) is 68.6. The Kier molecular flexibility index (Phi) is 71.2. The molecule has 82 heavy (non-hydrogen) atoms. The van der Waals surface area contributed by atoms with Crippen LogP contribution in [-0.4, -0.2) is 34.9 Å². The lowest BCUT2D eigenvalue weighted by molar-refractivity contribution is -0.123. The van der Waals surface area contributed by atoms with Crippen molar-refractivity contribution >= 4 is 5.91 Å². The van der Waals surface area contributed by atoms with Crippen LogP contribution in [0.3, 0.4) is 0 Å². The molecule has 0 aliphatic rings. The number of hydrogen-bond donors (Lipinski definition) is 3. The maximum absolute atomic E-state index is 12.5. The lowest BCUT2D eigenvalue weighted by Crippen LogP contribution is -2.45. The molecule has 4 heteroatoms. The molecule has 0 aromatic rings. The van der Waals surface area contributed by atoms with Crippen LogP contribution in [0.4, 0.5) is 0 Å². The van der Waals surface area contributed by atoms with Crippen LogP contribution in [0, 0.1) is 0 Å². The first-order chi connectivity index (χ1) is 40.7. The SMILES string of the molecule is CCCCCCC/C=C\C/C=C\C/C=C\CCCCCCCCCCCCCCCCCCCCCCCCC(=O)NC(CO)C(O)/C=C/CC/C=C/CC/C=C/CCCCCCCCCCCCCCCCCCCCCCCCC. The van der Waals surface area contributed by atoms with E-state index < -0.39 is 12.1 Å². The van der Waals surface area contributed by atoms with Gasteiger partial charge in [-0.25, -0.2) is 0 Å². The molecule has 0 saturated carbocycles. The van der Waals surface area contributed by atoms with Crippen molar-refractivity contribution in [1.29, 1.82) is 0 Å². The lowest BCUT2D eigenvalue weighted by atomic mass is 10.0. The van der Waals surface area contributed by atoms with Gasteiger partial charge in [-0.15, -0.1) is 0 Å². The summed E-state index contributed by atoms with van der Waals surface area (Å²) in [6.07, 6.45) is 106. The molecule has 0 heterocycles. The Morgan fingerprint density at radius 2 is 0.512 bits per heavy atom. The highest BCUT2D eigenvalue weighted by atomic mass is 16.3. The molecule has 0 aliphatic heterocycles. The molecule has 0 aromatic carbocycles. The second-order valence-corrected chi connectivity index (χ2v) is 25.3. The number of allylic oxidation sites excluding steroid dienone is 11. The summed E-state index contributed by atoms with van der Waals surface area (Å²) in [5.74, 6) is -0.0721. The molecular weight excluding hydrogens is 999 g/mol. The van der Waals surface area contributed by atoms with Gasteiger partial charge in [0.25, 0.3) is 0 Å². The van der Waals surface area contributed by atoms with Crippen molar-refractivity contribution in [1.82, 2.24) is 5.32 Å². The fraction of sp³-hybridized carbons (Fsp3) is 0.833. The number of aliphatic hydroxyl groups excluding tert-OH is 2. The summed E-state index contributed by atoms with van der Waals surface area (Å²) >= 11 is 0. The average molecular weight is 1150 g/mol. The number of rotatable bonds is 69. The van der Waals surface area contributed by atoms with Gasteiger partial charge in [-0.2, -0.15) is 0 Å². The molecular formula is C78H145NO3. The predicted molar refractivity (Wildman–Crippen MR) is 368 cm³/mol. The van der Waals surface area contributed by atoms with Crippen molar-refractivity contribution in [3.05, 3.63) is 72.9 Å². The lowest BCUT2D eigenvalue weighted by Gasteiger charge is -2.19. The highest BCUT2D eigenvalue weighted by Crippen LogP contribution is 2.19. The number of nitrogens with one attached hydrogen (secondary N) is 1. The summed E-state index contributed by atoms with van der Waals surface area (Å²) in [4.78, 5) is 12.5. The summed E-state index contributed by atoms with van der Waals surface area (Å²) in [5.41, 5.74) is 0. The van der Waals surface area contributed by atoms with Crippen molar-refractivity contribution in [3.8, 4) is 0 Å². The molecule has 0 aromatic heterocycles. The first kappa shape index (κ1) is 79.8. The molecule has 0 saturated heterocycles. The molecule has 480 valence electrons. The third-order valence-corrected chi connectivity index (χ3v) is 17.1. The van der Waals surface area contributed by atoms with Gasteiger partial charge >= 0.3 is 0 Å². The first-order valence-electron chi connectivity index (χ1n) is 37.2. The van der Waals surface area contributed by atoms with Crippen LogP contribution < -0.4 is 5.32 Å². The van der Waals surface area contributed by atoms with E-state index in [0.717, 1.165) is 51.4 Å². The van der Waals surface area contributed by atoms with Crippen LogP contribution in [0.5, 0.6) is 0 Å². The second kappa shape index (κ2) is 73.1. The minimum atomic E-state index is -0.874. The summed E-state index contributed by atoms with van der Waals surface area (Å²) in [5, 5.41) is 23.3. The molecule has 3 N–H and O–H groups in total. The molecule has 0 aliphatic carbocycles. The highest BCUT2D eigenvalue weighted by Gasteiger charge is 2.18. The number of aliphatic hydroxyl groups is 2. The van der Waals surface area contributed by atoms with Crippen molar-refractivity contribution < 1.29 is 15.0 Å².